The molecule has 0 bridgehead atoms. The molecule has 96 valence electrons. The molecular formula is C13H19F2NO. The van der Waals surface area contributed by atoms with Gasteiger partial charge in [-0.25, -0.2) is 8.78 Å². The third kappa shape index (κ3) is 5.24. The maximum absolute atomic E-state index is 13.0. The average Bonchev–Trinajstić information content (AvgIpc) is 2.24. The highest BCUT2D eigenvalue weighted by Crippen LogP contribution is 2.10. The Hall–Kier alpha value is -1.00. The lowest BCUT2D eigenvalue weighted by molar-refractivity contribution is 0.166. The van der Waals surface area contributed by atoms with Gasteiger partial charge in [-0.2, -0.15) is 0 Å². The van der Waals surface area contributed by atoms with E-state index in [2.05, 4.69) is 12.2 Å². The number of benzene rings is 1. The number of hydrogen-bond donors (Lipinski definition) is 1. The maximum Gasteiger partial charge on any atom is 0.126 e. The molecule has 2 nitrogen and oxygen atoms in total. The molecule has 0 saturated carbocycles. The highest BCUT2D eigenvalue weighted by Gasteiger charge is 2.10. The zero-order valence-corrected chi connectivity index (χ0v) is 10.3. The van der Waals surface area contributed by atoms with E-state index in [9.17, 15) is 8.78 Å². The molecule has 0 aromatic heterocycles. The van der Waals surface area contributed by atoms with Crippen LogP contribution >= 0.6 is 0 Å². The predicted octanol–water partition coefficient (Wildman–Crippen LogP) is 2.52. The Balaban J connectivity index is 2.63. The molecule has 1 aromatic carbocycles. The Morgan fingerprint density at radius 1 is 1.24 bits per heavy atom. The Kier molecular flexibility index (Phi) is 6.08. The summed E-state index contributed by atoms with van der Waals surface area (Å²) in [7, 11) is 1.62. The molecule has 0 fully saturated rings. The van der Waals surface area contributed by atoms with Gasteiger partial charge < -0.3 is 10.1 Å². The molecule has 0 heterocycles. The molecule has 17 heavy (non-hydrogen) atoms. The predicted molar refractivity (Wildman–Crippen MR) is 64.0 cm³/mol. The summed E-state index contributed by atoms with van der Waals surface area (Å²) in [5.74, 6) is -1.07. The van der Waals surface area contributed by atoms with Gasteiger partial charge in [-0.05, 0) is 37.1 Å². The van der Waals surface area contributed by atoms with Gasteiger partial charge in [0.25, 0.3) is 0 Å². The fourth-order valence-corrected chi connectivity index (χ4v) is 1.75. The summed E-state index contributed by atoms with van der Waals surface area (Å²) in [5.41, 5.74) is 0.646. The summed E-state index contributed by atoms with van der Waals surface area (Å²) in [4.78, 5) is 0. The van der Waals surface area contributed by atoms with Gasteiger partial charge in [-0.15, -0.1) is 0 Å². The van der Waals surface area contributed by atoms with Crippen molar-refractivity contribution in [1.82, 2.24) is 5.32 Å². The largest absolute Gasteiger partial charge is 0.383 e. The normalized spacial score (nSPS) is 12.7. The number of ether oxygens (including phenoxy) is 1. The fourth-order valence-electron chi connectivity index (χ4n) is 1.75. The second-order valence-corrected chi connectivity index (χ2v) is 4.09. The molecule has 1 N–H and O–H groups in total. The van der Waals surface area contributed by atoms with E-state index in [1.165, 1.54) is 12.1 Å². The lowest BCUT2D eigenvalue weighted by atomic mass is 10.1. The van der Waals surface area contributed by atoms with Gasteiger partial charge in [0.1, 0.15) is 11.6 Å². The van der Waals surface area contributed by atoms with E-state index in [0.717, 1.165) is 19.0 Å². The standard InChI is InChI=1S/C13H19F2NO/c1-3-4-16-13(9-17-2)7-10-5-11(14)8-12(15)6-10/h5-6,8,13,16H,3-4,7,9H2,1-2H3. The van der Waals surface area contributed by atoms with Crippen LogP contribution < -0.4 is 5.32 Å². The minimum Gasteiger partial charge on any atom is -0.383 e. The van der Waals surface area contributed by atoms with Gasteiger partial charge in [0.05, 0.1) is 6.61 Å². The first-order valence-corrected chi connectivity index (χ1v) is 5.83. The van der Waals surface area contributed by atoms with E-state index >= 15 is 0 Å². The van der Waals surface area contributed by atoms with Crippen LogP contribution in [0.3, 0.4) is 0 Å². The Bertz CT molecular complexity index is 324. The highest BCUT2D eigenvalue weighted by atomic mass is 19.1. The van der Waals surface area contributed by atoms with Gasteiger partial charge in [0.15, 0.2) is 0 Å². The average molecular weight is 243 g/mol. The maximum atomic E-state index is 13.0. The van der Waals surface area contributed by atoms with Crippen molar-refractivity contribution in [2.45, 2.75) is 25.8 Å². The topological polar surface area (TPSA) is 21.3 Å². The smallest absolute Gasteiger partial charge is 0.126 e. The SMILES string of the molecule is CCCNC(COC)Cc1cc(F)cc(F)c1. The van der Waals surface area contributed by atoms with Crippen LogP contribution in [0.5, 0.6) is 0 Å². The summed E-state index contributed by atoms with van der Waals surface area (Å²) in [6.07, 6.45) is 1.57. The lowest BCUT2D eigenvalue weighted by Crippen LogP contribution is -2.35. The number of rotatable bonds is 7. The molecule has 1 unspecified atom stereocenters. The molecule has 0 spiro atoms. The molecule has 1 atom stereocenters. The van der Waals surface area contributed by atoms with Crippen LogP contribution in [0.25, 0.3) is 0 Å². The molecule has 4 heteroatoms. The fraction of sp³-hybridized carbons (Fsp3) is 0.538. The van der Waals surface area contributed by atoms with Crippen molar-refractivity contribution in [3.63, 3.8) is 0 Å². The van der Waals surface area contributed by atoms with Crippen LogP contribution in [0.2, 0.25) is 0 Å². The van der Waals surface area contributed by atoms with E-state index in [4.69, 9.17) is 4.74 Å². The van der Waals surface area contributed by atoms with Gasteiger partial charge in [0, 0.05) is 19.2 Å². The molecule has 0 radical (unpaired) electrons. The first-order chi connectivity index (χ1) is 8.15. The zero-order chi connectivity index (χ0) is 12.7. The molecule has 0 aliphatic rings. The van der Waals surface area contributed by atoms with Crippen LogP contribution in [-0.2, 0) is 11.2 Å². The minimum atomic E-state index is -0.536. The van der Waals surface area contributed by atoms with Crippen LogP contribution in [0, 0.1) is 11.6 Å². The summed E-state index contributed by atoms with van der Waals surface area (Å²) in [6, 6.07) is 3.69. The van der Waals surface area contributed by atoms with E-state index in [1.807, 2.05) is 0 Å². The molecule has 0 aliphatic heterocycles. The van der Waals surface area contributed by atoms with Gasteiger partial charge in [-0.3, -0.25) is 0 Å². The van der Waals surface area contributed by atoms with Crippen molar-refractivity contribution in [3.8, 4) is 0 Å². The molecule has 0 amide bonds. The van der Waals surface area contributed by atoms with Gasteiger partial charge >= 0.3 is 0 Å². The van der Waals surface area contributed by atoms with Crippen LogP contribution in [0.4, 0.5) is 8.78 Å². The summed E-state index contributed by atoms with van der Waals surface area (Å²) in [5, 5.41) is 3.29. The first kappa shape index (κ1) is 14.1. The second-order valence-electron chi connectivity index (χ2n) is 4.09. The number of nitrogens with one attached hydrogen (secondary N) is 1. The van der Waals surface area contributed by atoms with E-state index < -0.39 is 11.6 Å². The van der Waals surface area contributed by atoms with Crippen LogP contribution in [0.1, 0.15) is 18.9 Å². The van der Waals surface area contributed by atoms with E-state index in [0.29, 0.717) is 18.6 Å². The van der Waals surface area contributed by atoms with Crippen molar-refractivity contribution < 1.29 is 13.5 Å². The van der Waals surface area contributed by atoms with Crippen molar-refractivity contribution >= 4 is 0 Å². The lowest BCUT2D eigenvalue weighted by Gasteiger charge is -2.17. The Morgan fingerprint density at radius 3 is 2.41 bits per heavy atom. The molecule has 0 aliphatic carbocycles. The third-order valence-corrected chi connectivity index (χ3v) is 2.46. The van der Waals surface area contributed by atoms with Gasteiger partial charge in [-0.1, -0.05) is 6.92 Å². The summed E-state index contributed by atoms with van der Waals surface area (Å²) >= 11 is 0. The number of methoxy groups -OCH3 is 1. The van der Waals surface area contributed by atoms with Crippen LogP contribution in [0.15, 0.2) is 18.2 Å². The quantitative estimate of drug-likeness (QED) is 0.794. The summed E-state index contributed by atoms with van der Waals surface area (Å²) < 4.78 is 31.1. The Morgan fingerprint density at radius 2 is 1.88 bits per heavy atom. The van der Waals surface area contributed by atoms with E-state index in [-0.39, 0.29) is 6.04 Å². The van der Waals surface area contributed by atoms with Crippen molar-refractivity contribution in [2.24, 2.45) is 0 Å². The molecular weight excluding hydrogens is 224 g/mol. The zero-order valence-electron chi connectivity index (χ0n) is 10.3. The molecule has 1 aromatic rings. The number of halogens is 2. The van der Waals surface area contributed by atoms with Crippen molar-refractivity contribution in [3.05, 3.63) is 35.4 Å². The third-order valence-electron chi connectivity index (χ3n) is 2.46. The summed E-state index contributed by atoms with van der Waals surface area (Å²) in [6.45, 7) is 3.46. The molecule has 1 rings (SSSR count). The minimum absolute atomic E-state index is 0.0844. The van der Waals surface area contributed by atoms with Crippen molar-refractivity contribution in [2.75, 3.05) is 20.3 Å². The van der Waals surface area contributed by atoms with E-state index in [1.54, 1.807) is 7.11 Å². The monoisotopic (exact) mass is 243 g/mol. The first-order valence-electron chi connectivity index (χ1n) is 5.83. The highest BCUT2D eigenvalue weighted by molar-refractivity contribution is 5.19. The van der Waals surface area contributed by atoms with Crippen LogP contribution in [-0.4, -0.2) is 26.3 Å². The number of hydrogen-bond acceptors (Lipinski definition) is 2. The second kappa shape index (κ2) is 7.35. The Labute approximate surface area is 101 Å². The van der Waals surface area contributed by atoms with Gasteiger partial charge in [0.2, 0.25) is 0 Å². The molecule has 0 saturated heterocycles. The van der Waals surface area contributed by atoms with Crippen molar-refractivity contribution in [1.29, 1.82) is 0 Å².